The molecule has 2 N–H and O–H groups in total. The molecule has 2 aliphatic carbocycles. The van der Waals surface area contributed by atoms with Crippen LogP contribution in [0.5, 0.6) is 0 Å². The SMILES string of the molecule is CC1CCC(c2nc(N)cc(C3CCCC3)n2)C1. The Morgan fingerprint density at radius 3 is 2.50 bits per heavy atom. The van der Waals surface area contributed by atoms with Crippen LogP contribution in [0.15, 0.2) is 6.07 Å². The second kappa shape index (κ2) is 4.87. The summed E-state index contributed by atoms with van der Waals surface area (Å²) in [5, 5.41) is 0. The van der Waals surface area contributed by atoms with E-state index in [0.717, 1.165) is 11.7 Å². The van der Waals surface area contributed by atoms with Gasteiger partial charge in [-0.25, -0.2) is 9.97 Å². The number of rotatable bonds is 2. The van der Waals surface area contributed by atoms with Crippen LogP contribution in [-0.2, 0) is 0 Å². The van der Waals surface area contributed by atoms with E-state index in [1.54, 1.807) is 0 Å². The van der Waals surface area contributed by atoms with Crippen molar-refractivity contribution in [2.75, 3.05) is 5.73 Å². The average molecular weight is 245 g/mol. The number of nitrogens with zero attached hydrogens (tertiary/aromatic N) is 2. The van der Waals surface area contributed by atoms with Crippen LogP contribution in [0.25, 0.3) is 0 Å². The van der Waals surface area contributed by atoms with Gasteiger partial charge in [0.05, 0.1) is 0 Å². The number of aromatic nitrogens is 2. The van der Waals surface area contributed by atoms with Crippen LogP contribution in [0.3, 0.4) is 0 Å². The lowest BCUT2D eigenvalue weighted by Crippen LogP contribution is -2.08. The molecular formula is C15H23N3. The van der Waals surface area contributed by atoms with Gasteiger partial charge in [0.2, 0.25) is 0 Å². The Morgan fingerprint density at radius 1 is 1.06 bits per heavy atom. The van der Waals surface area contributed by atoms with Crippen molar-refractivity contribution in [1.82, 2.24) is 9.97 Å². The van der Waals surface area contributed by atoms with Crippen LogP contribution in [0.1, 0.15) is 75.2 Å². The molecule has 2 aliphatic rings. The first kappa shape index (κ1) is 11.9. The second-order valence-corrected chi connectivity index (χ2v) is 6.17. The summed E-state index contributed by atoms with van der Waals surface area (Å²) in [4.78, 5) is 9.33. The number of nitrogens with two attached hydrogens (primary N) is 1. The maximum Gasteiger partial charge on any atom is 0.134 e. The van der Waals surface area contributed by atoms with Crippen molar-refractivity contribution < 1.29 is 0 Å². The molecular weight excluding hydrogens is 222 g/mol. The third-order valence-corrected chi connectivity index (χ3v) is 4.62. The number of anilines is 1. The molecule has 0 saturated heterocycles. The summed E-state index contributed by atoms with van der Waals surface area (Å²) >= 11 is 0. The summed E-state index contributed by atoms with van der Waals surface area (Å²) in [5.74, 6) is 3.68. The highest BCUT2D eigenvalue weighted by Crippen LogP contribution is 2.38. The summed E-state index contributed by atoms with van der Waals surface area (Å²) in [6.45, 7) is 2.32. The quantitative estimate of drug-likeness (QED) is 0.865. The van der Waals surface area contributed by atoms with Gasteiger partial charge in [-0.2, -0.15) is 0 Å². The maximum atomic E-state index is 5.98. The van der Waals surface area contributed by atoms with E-state index in [1.165, 1.54) is 50.6 Å². The van der Waals surface area contributed by atoms with E-state index in [1.807, 2.05) is 6.07 Å². The summed E-state index contributed by atoms with van der Waals surface area (Å²) in [6, 6.07) is 2.00. The van der Waals surface area contributed by atoms with Gasteiger partial charge < -0.3 is 5.73 Å². The Bertz CT molecular complexity index is 424. The van der Waals surface area contributed by atoms with Gasteiger partial charge >= 0.3 is 0 Å². The summed E-state index contributed by atoms with van der Waals surface area (Å²) in [6.07, 6.45) is 8.99. The van der Waals surface area contributed by atoms with E-state index in [2.05, 4.69) is 11.9 Å². The van der Waals surface area contributed by atoms with Crippen molar-refractivity contribution in [1.29, 1.82) is 0 Å². The number of nitrogen functional groups attached to an aromatic ring is 1. The Kier molecular flexibility index (Phi) is 3.23. The van der Waals surface area contributed by atoms with Crippen molar-refractivity contribution in [2.45, 2.75) is 63.7 Å². The van der Waals surface area contributed by atoms with Crippen molar-refractivity contribution >= 4 is 5.82 Å². The van der Waals surface area contributed by atoms with Crippen LogP contribution in [0.4, 0.5) is 5.82 Å². The molecule has 0 bridgehead atoms. The molecule has 3 heteroatoms. The highest BCUT2D eigenvalue weighted by Gasteiger charge is 2.27. The first-order valence-corrected chi connectivity index (χ1v) is 7.36. The van der Waals surface area contributed by atoms with E-state index in [9.17, 15) is 0 Å². The largest absolute Gasteiger partial charge is 0.384 e. The average Bonchev–Trinajstić information content (AvgIpc) is 2.98. The zero-order chi connectivity index (χ0) is 12.5. The topological polar surface area (TPSA) is 51.8 Å². The molecule has 98 valence electrons. The van der Waals surface area contributed by atoms with Crippen LogP contribution in [0, 0.1) is 5.92 Å². The summed E-state index contributed by atoms with van der Waals surface area (Å²) in [7, 11) is 0. The molecule has 0 spiro atoms. The van der Waals surface area contributed by atoms with E-state index in [-0.39, 0.29) is 0 Å². The van der Waals surface area contributed by atoms with Gasteiger partial charge in [0.25, 0.3) is 0 Å². The fourth-order valence-corrected chi connectivity index (χ4v) is 3.56. The van der Waals surface area contributed by atoms with Gasteiger partial charge in [-0.15, -0.1) is 0 Å². The highest BCUT2D eigenvalue weighted by atomic mass is 15.0. The zero-order valence-electron chi connectivity index (χ0n) is 11.2. The van der Waals surface area contributed by atoms with E-state index >= 15 is 0 Å². The minimum absolute atomic E-state index is 0.545. The highest BCUT2D eigenvalue weighted by molar-refractivity contribution is 5.32. The predicted octanol–water partition coefficient (Wildman–Crippen LogP) is 3.62. The van der Waals surface area contributed by atoms with E-state index in [4.69, 9.17) is 10.7 Å². The van der Waals surface area contributed by atoms with Crippen LogP contribution in [0.2, 0.25) is 0 Å². The molecule has 0 radical (unpaired) electrons. The standard InChI is InChI=1S/C15H23N3/c1-10-6-7-12(8-10)15-17-13(9-14(16)18-15)11-4-2-3-5-11/h9-12H,2-8H2,1H3,(H2,16,17,18). The van der Waals surface area contributed by atoms with Gasteiger partial charge in [0.15, 0.2) is 0 Å². The first-order chi connectivity index (χ1) is 8.72. The van der Waals surface area contributed by atoms with Gasteiger partial charge in [-0.05, 0) is 38.0 Å². The normalized spacial score (nSPS) is 28.9. The minimum atomic E-state index is 0.545. The lowest BCUT2D eigenvalue weighted by atomic mass is 10.0. The molecule has 18 heavy (non-hydrogen) atoms. The Morgan fingerprint density at radius 2 is 1.83 bits per heavy atom. The fraction of sp³-hybridized carbons (Fsp3) is 0.733. The monoisotopic (exact) mass is 245 g/mol. The smallest absolute Gasteiger partial charge is 0.134 e. The van der Waals surface area contributed by atoms with Gasteiger partial charge in [0.1, 0.15) is 11.6 Å². The third kappa shape index (κ3) is 2.36. The second-order valence-electron chi connectivity index (χ2n) is 6.17. The molecule has 1 aromatic heterocycles. The minimum Gasteiger partial charge on any atom is -0.384 e. The zero-order valence-corrected chi connectivity index (χ0v) is 11.2. The molecule has 0 amide bonds. The molecule has 1 aromatic rings. The maximum absolute atomic E-state index is 5.98. The van der Waals surface area contributed by atoms with Gasteiger partial charge in [0, 0.05) is 23.6 Å². The molecule has 2 unspecified atom stereocenters. The number of hydrogen-bond acceptors (Lipinski definition) is 3. The fourth-order valence-electron chi connectivity index (χ4n) is 3.56. The molecule has 2 saturated carbocycles. The number of hydrogen-bond donors (Lipinski definition) is 1. The molecule has 3 rings (SSSR count). The van der Waals surface area contributed by atoms with Gasteiger partial charge in [-0.1, -0.05) is 19.8 Å². The van der Waals surface area contributed by atoms with Crippen LogP contribution in [-0.4, -0.2) is 9.97 Å². The van der Waals surface area contributed by atoms with Crippen molar-refractivity contribution in [2.24, 2.45) is 5.92 Å². The Hall–Kier alpha value is -1.12. The summed E-state index contributed by atoms with van der Waals surface area (Å²) < 4.78 is 0. The first-order valence-electron chi connectivity index (χ1n) is 7.36. The molecule has 0 aliphatic heterocycles. The van der Waals surface area contributed by atoms with Crippen molar-refractivity contribution in [3.05, 3.63) is 17.6 Å². The Labute approximate surface area is 109 Å². The van der Waals surface area contributed by atoms with Crippen LogP contribution < -0.4 is 5.73 Å². The predicted molar refractivity (Wildman–Crippen MR) is 73.4 cm³/mol. The lowest BCUT2D eigenvalue weighted by molar-refractivity contribution is 0.580. The van der Waals surface area contributed by atoms with E-state index in [0.29, 0.717) is 17.7 Å². The third-order valence-electron chi connectivity index (χ3n) is 4.62. The molecule has 0 aromatic carbocycles. The van der Waals surface area contributed by atoms with Gasteiger partial charge in [-0.3, -0.25) is 0 Å². The van der Waals surface area contributed by atoms with E-state index < -0.39 is 0 Å². The molecule has 1 heterocycles. The lowest BCUT2D eigenvalue weighted by Gasteiger charge is -2.14. The van der Waals surface area contributed by atoms with Crippen LogP contribution >= 0.6 is 0 Å². The Balaban J connectivity index is 1.85. The molecule has 2 atom stereocenters. The molecule has 2 fully saturated rings. The van der Waals surface area contributed by atoms with Crippen molar-refractivity contribution in [3.8, 4) is 0 Å². The molecule has 3 nitrogen and oxygen atoms in total. The van der Waals surface area contributed by atoms with Crippen molar-refractivity contribution in [3.63, 3.8) is 0 Å². The summed E-state index contributed by atoms with van der Waals surface area (Å²) in [5.41, 5.74) is 7.18.